The number of carbonyl (C=O) groups excluding carboxylic acids is 1. The molecule has 1 aliphatic rings. The van der Waals surface area contributed by atoms with Crippen LogP contribution in [0.1, 0.15) is 31.4 Å². The Kier molecular flexibility index (Phi) is 4.56. The number of fused-ring (bicyclic) bond motifs is 1. The van der Waals surface area contributed by atoms with Crippen LogP contribution >= 0.6 is 0 Å². The van der Waals surface area contributed by atoms with Gasteiger partial charge in [0.05, 0.1) is 24.5 Å². The van der Waals surface area contributed by atoms with E-state index in [9.17, 15) is 9.59 Å². The second-order valence-electron chi connectivity index (χ2n) is 6.72. The molecule has 1 aromatic carbocycles. The Balaban J connectivity index is 1.62. The third kappa shape index (κ3) is 3.27. The van der Waals surface area contributed by atoms with Gasteiger partial charge < -0.3 is 9.32 Å². The molecule has 0 N–H and O–H groups in total. The van der Waals surface area contributed by atoms with Crippen LogP contribution in [0.5, 0.6) is 0 Å². The van der Waals surface area contributed by atoms with Crippen LogP contribution in [0, 0.1) is 0 Å². The molecule has 6 nitrogen and oxygen atoms in total. The summed E-state index contributed by atoms with van der Waals surface area (Å²) in [7, 11) is 0. The average molecular weight is 351 g/mol. The Bertz CT molecular complexity index is 956. The highest BCUT2D eigenvalue weighted by Gasteiger charge is 2.27. The van der Waals surface area contributed by atoms with Gasteiger partial charge in [-0.15, -0.1) is 0 Å². The van der Waals surface area contributed by atoms with Gasteiger partial charge in [0.15, 0.2) is 0 Å². The molecule has 3 aromatic rings. The molecule has 6 heteroatoms. The number of rotatable bonds is 5. The smallest absolute Gasteiger partial charge is 0.244 e. The van der Waals surface area contributed by atoms with E-state index >= 15 is 0 Å². The standard InChI is InChI=1S/C20H21N3O3/c24-19-12-21-23(18-10-4-3-9-17(18)19)14-20(25)22(15-6-1-2-7-15)13-16-8-5-11-26-16/h3-5,8-12,15H,1-2,6-7,13-14H2. The summed E-state index contributed by atoms with van der Waals surface area (Å²) in [5, 5.41) is 4.76. The Labute approximate surface area is 151 Å². The van der Waals surface area contributed by atoms with Gasteiger partial charge in [-0.05, 0) is 37.1 Å². The number of nitrogens with zero attached hydrogens (tertiary/aromatic N) is 3. The van der Waals surface area contributed by atoms with Crippen LogP contribution < -0.4 is 5.43 Å². The molecule has 2 aromatic heterocycles. The Morgan fingerprint density at radius 2 is 2.00 bits per heavy atom. The van der Waals surface area contributed by atoms with Crippen molar-refractivity contribution in [3.05, 3.63) is 64.8 Å². The molecule has 1 aliphatic carbocycles. The molecular weight excluding hydrogens is 330 g/mol. The lowest BCUT2D eigenvalue weighted by atomic mass is 10.2. The molecule has 4 rings (SSSR count). The first-order valence-corrected chi connectivity index (χ1v) is 8.99. The third-order valence-electron chi connectivity index (χ3n) is 5.04. The lowest BCUT2D eigenvalue weighted by molar-refractivity contribution is -0.135. The predicted octanol–water partition coefficient (Wildman–Crippen LogP) is 2.96. The van der Waals surface area contributed by atoms with Gasteiger partial charge in [-0.1, -0.05) is 25.0 Å². The Hall–Kier alpha value is -2.89. The van der Waals surface area contributed by atoms with Gasteiger partial charge in [-0.3, -0.25) is 14.3 Å². The fourth-order valence-corrected chi connectivity index (χ4v) is 3.71. The summed E-state index contributed by atoms with van der Waals surface area (Å²) in [5.74, 6) is 0.776. The fourth-order valence-electron chi connectivity index (χ4n) is 3.71. The topological polar surface area (TPSA) is 68.3 Å². The van der Waals surface area contributed by atoms with Crippen LogP contribution in [0.15, 0.2) is 58.1 Å². The highest BCUT2D eigenvalue weighted by atomic mass is 16.3. The maximum absolute atomic E-state index is 13.1. The molecule has 1 fully saturated rings. The van der Waals surface area contributed by atoms with Gasteiger partial charge in [0.25, 0.3) is 0 Å². The number of para-hydroxylation sites is 1. The average Bonchev–Trinajstić information content (AvgIpc) is 3.36. The molecule has 1 amide bonds. The first-order chi connectivity index (χ1) is 12.7. The lowest BCUT2D eigenvalue weighted by Gasteiger charge is -2.28. The quantitative estimate of drug-likeness (QED) is 0.709. The number of furan rings is 1. The maximum atomic E-state index is 13.1. The van der Waals surface area contributed by atoms with E-state index in [0.29, 0.717) is 17.4 Å². The van der Waals surface area contributed by atoms with E-state index in [-0.39, 0.29) is 23.9 Å². The normalized spacial score (nSPS) is 14.8. The second kappa shape index (κ2) is 7.15. The van der Waals surface area contributed by atoms with E-state index in [1.54, 1.807) is 17.0 Å². The molecule has 0 bridgehead atoms. The first kappa shape index (κ1) is 16.6. The maximum Gasteiger partial charge on any atom is 0.244 e. The summed E-state index contributed by atoms with van der Waals surface area (Å²) in [6.07, 6.45) is 7.23. The van der Waals surface area contributed by atoms with Crippen molar-refractivity contribution in [2.75, 3.05) is 0 Å². The van der Waals surface area contributed by atoms with Crippen LogP contribution in [0.4, 0.5) is 0 Å². The lowest BCUT2D eigenvalue weighted by Crippen LogP contribution is -2.40. The summed E-state index contributed by atoms with van der Waals surface area (Å²) in [5.41, 5.74) is 0.547. The Morgan fingerprint density at radius 1 is 1.19 bits per heavy atom. The highest BCUT2D eigenvalue weighted by Crippen LogP contribution is 2.25. The molecular formula is C20H21N3O3. The fraction of sp³-hybridized carbons (Fsp3) is 0.350. The molecule has 1 saturated carbocycles. The van der Waals surface area contributed by atoms with Crippen LogP contribution in [0.25, 0.3) is 10.9 Å². The van der Waals surface area contributed by atoms with Gasteiger partial charge >= 0.3 is 0 Å². The minimum atomic E-state index is -0.132. The molecule has 0 unspecified atom stereocenters. The zero-order chi connectivity index (χ0) is 17.9. The first-order valence-electron chi connectivity index (χ1n) is 8.99. The number of aromatic nitrogens is 2. The second-order valence-corrected chi connectivity index (χ2v) is 6.72. The van der Waals surface area contributed by atoms with Crippen molar-refractivity contribution in [1.29, 1.82) is 0 Å². The highest BCUT2D eigenvalue weighted by molar-refractivity contribution is 5.81. The van der Waals surface area contributed by atoms with Gasteiger partial charge in [0.1, 0.15) is 12.3 Å². The monoisotopic (exact) mass is 351 g/mol. The third-order valence-corrected chi connectivity index (χ3v) is 5.04. The number of benzene rings is 1. The minimum absolute atomic E-state index is 0.00500. The van der Waals surface area contributed by atoms with Gasteiger partial charge in [0.2, 0.25) is 11.3 Å². The largest absolute Gasteiger partial charge is 0.467 e. The van der Waals surface area contributed by atoms with E-state index in [1.807, 2.05) is 35.2 Å². The van der Waals surface area contributed by atoms with Crippen molar-refractivity contribution in [1.82, 2.24) is 14.7 Å². The van der Waals surface area contributed by atoms with Crippen molar-refractivity contribution in [3.8, 4) is 0 Å². The zero-order valence-electron chi connectivity index (χ0n) is 14.5. The summed E-state index contributed by atoms with van der Waals surface area (Å²) >= 11 is 0. The molecule has 134 valence electrons. The van der Waals surface area contributed by atoms with Gasteiger partial charge in [-0.25, -0.2) is 0 Å². The summed E-state index contributed by atoms with van der Waals surface area (Å²) in [6.45, 7) is 0.576. The number of hydrogen-bond acceptors (Lipinski definition) is 4. The predicted molar refractivity (Wildman–Crippen MR) is 97.5 cm³/mol. The summed E-state index contributed by atoms with van der Waals surface area (Å²) in [6, 6.07) is 11.2. The molecule has 0 aliphatic heterocycles. The van der Waals surface area contributed by atoms with Crippen molar-refractivity contribution in [3.63, 3.8) is 0 Å². The van der Waals surface area contributed by atoms with E-state index in [2.05, 4.69) is 5.10 Å². The van der Waals surface area contributed by atoms with Gasteiger partial charge in [0, 0.05) is 11.4 Å². The molecule has 26 heavy (non-hydrogen) atoms. The molecule has 0 spiro atoms. The van der Waals surface area contributed by atoms with Crippen LogP contribution in [-0.2, 0) is 17.9 Å². The number of amides is 1. The van der Waals surface area contributed by atoms with Gasteiger partial charge in [-0.2, -0.15) is 5.10 Å². The van der Waals surface area contributed by atoms with Crippen molar-refractivity contribution in [2.24, 2.45) is 0 Å². The minimum Gasteiger partial charge on any atom is -0.467 e. The zero-order valence-corrected chi connectivity index (χ0v) is 14.5. The SMILES string of the molecule is O=C(Cn1ncc(=O)c2ccccc21)N(Cc1ccco1)C1CCCC1. The van der Waals surface area contributed by atoms with E-state index < -0.39 is 0 Å². The van der Waals surface area contributed by atoms with E-state index in [4.69, 9.17) is 4.42 Å². The number of carbonyl (C=O) groups is 1. The number of hydrogen-bond donors (Lipinski definition) is 0. The van der Waals surface area contributed by atoms with Crippen LogP contribution in [-0.4, -0.2) is 26.6 Å². The summed E-state index contributed by atoms with van der Waals surface area (Å²) in [4.78, 5) is 27.0. The van der Waals surface area contributed by atoms with Crippen LogP contribution in [0.2, 0.25) is 0 Å². The van der Waals surface area contributed by atoms with Crippen molar-refractivity contribution >= 4 is 16.8 Å². The van der Waals surface area contributed by atoms with E-state index in [1.165, 1.54) is 6.20 Å². The molecule has 2 heterocycles. The van der Waals surface area contributed by atoms with Crippen LogP contribution in [0.3, 0.4) is 0 Å². The molecule has 0 radical (unpaired) electrons. The summed E-state index contributed by atoms with van der Waals surface area (Å²) < 4.78 is 7.07. The Morgan fingerprint density at radius 3 is 2.77 bits per heavy atom. The van der Waals surface area contributed by atoms with Crippen molar-refractivity contribution in [2.45, 2.75) is 44.8 Å². The van der Waals surface area contributed by atoms with E-state index in [0.717, 1.165) is 31.4 Å². The van der Waals surface area contributed by atoms with Crippen molar-refractivity contribution < 1.29 is 9.21 Å². The molecule has 0 saturated heterocycles. The molecule has 0 atom stereocenters.